The highest BCUT2D eigenvalue weighted by Gasteiger charge is 2.39. The van der Waals surface area contributed by atoms with Crippen molar-refractivity contribution in [2.75, 3.05) is 0 Å². The molecule has 1 N–H and O–H groups in total. The molecular formula is C11H18BF3NOS. The highest BCUT2D eigenvalue weighted by Crippen LogP contribution is 2.31. The Morgan fingerprint density at radius 2 is 1.67 bits per heavy atom. The van der Waals surface area contributed by atoms with Gasteiger partial charge in [0.2, 0.25) is 0 Å². The number of allylic oxidation sites excluding steroid dienone is 2. The number of hydrogen-bond donors (Lipinski definition) is 2. The Hall–Kier alpha value is -0.425. The van der Waals surface area contributed by atoms with Crippen LogP contribution in [-0.4, -0.2) is 29.7 Å². The van der Waals surface area contributed by atoms with Crippen molar-refractivity contribution in [3.05, 3.63) is 11.5 Å². The molecule has 0 fully saturated rings. The molecule has 0 rings (SSSR count). The van der Waals surface area contributed by atoms with Crippen molar-refractivity contribution in [2.24, 2.45) is 0 Å². The molecule has 0 atom stereocenters. The number of hydrogen-bond acceptors (Lipinski definition) is 3. The second-order valence-corrected chi connectivity index (χ2v) is 6.04. The van der Waals surface area contributed by atoms with E-state index in [0.29, 0.717) is 0 Å². The van der Waals surface area contributed by atoms with Crippen molar-refractivity contribution in [1.82, 2.24) is 0 Å². The maximum atomic E-state index is 12.4. The molecule has 0 spiro atoms. The molecule has 0 aliphatic rings. The summed E-state index contributed by atoms with van der Waals surface area (Å²) in [6.07, 6.45) is -3.49. The highest BCUT2D eigenvalue weighted by atomic mass is 32.1. The van der Waals surface area contributed by atoms with E-state index in [2.05, 4.69) is 12.6 Å². The monoisotopic (exact) mass is 280 g/mol. The van der Waals surface area contributed by atoms with Crippen LogP contribution in [0.1, 0.15) is 34.6 Å². The van der Waals surface area contributed by atoms with Crippen LogP contribution >= 0.6 is 12.6 Å². The first kappa shape index (κ1) is 17.6. The molecule has 0 amide bonds. The van der Waals surface area contributed by atoms with Crippen LogP contribution in [0.3, 0.4) is 0 Å². The molecule has 0 unspecified atom stereocenters. The van der Waals surface area contributed by atoms with Gasteiger partial charge in [0.1, 0.15) is 5.71 Å². The maximum absolute atomic E-state index is 12.4. The SMILES string of the molecule is C/C=C(/[B]OC(C)(C)C(C)(C)S)C(=N)C(F)(F)F. The van der Waals surface area contributed by atoms with E-state index in [1.807, 2.05) is 0 Å². The summed E-state index contributed by atoms with van der Waals surface area (Å²) >= 11 is 4.34. The van der Waals surface area contributed by atoms with Gasteiger partial charge in [-0.1, -0.05) is 6.08 Å². The first-order chi connectivity index (χ1) is 7.83. The fourth-order valence-electron chi connectivity index (χ4n) is 0.790. The lowest BCUT2D eigenvalue weighted by atomic mass is 9.80. The molecular weight excluding hydrogens is 262 g/mol. The zero-order valence-electron chi connectivity index (χ0n) is 11.1. The fraction of sp³-hybridized carbons (Fsp3) is 0.727. The van der Waals surface area contributed by atoms with Crippen LogP contribution < -0.4 is 0 Å². The summed E-state index contributed by atoms with van der Waals surface area (Å²) in [5.41, 5.74) is -2.48. The van der Waals surface area contributed by atoms with Crippen molar-refractivity contribution in [2.45, 2.75) is 51.1 Å². The molecule has 0 saturated carbocycles. The minimum atomic E-state index is -4.68. The van der Waals surface area contributed by atoms with E-state index >= 15 is 0 Å². The first-order valence-electron chi connectivity index (χ1n) is 5.39. The summed E-state index contributed by atoms with van der Waals surface area (Å²) in [6.45, 7) is 8.47. The minimum Gasteiger partial charge on any atom is -0.428 e. The molecule has 0 heterocycles. The van der Waals surface area contributed by atoms with E-state index in [1.165, 1.54) is 13.0 Å². The van der Waals surface area contributed by atoms with Crippen molar-refractivity contribution in [3.63, 3.8) is 0 Å². The van der Waals surface area contributed by atoms with E-state index in [-0.39, 0.29) is 5.47 Å². The maximum Gasteiger partial charge on any atom is 0.432 e. The lowest BCUT2D eigenvalue weighted by molar-refractivity contribution is -0.0588. The largest absolute Gasteiger partial charge is 0.432 e. The molecule has 0 aliphatic carbocycles. The van der Waals surface area contributed by atoms with Gasteiger partial charge in [0, 0.05) is 4.75 Å². The first-order valence-corrected chi connectivity index (χ1v) is 5.83. The molecule has 0 aromatic heterocycles. The lowest BCUT2D eigenvalue weighted by Gasteiger charge is -2.38. The Bertz CT molecular complexity index is 345. The second kappa shape index (κ2) is 5.69. The van der Waals surface area contributed by atoms with Crippen molar-refractivity contribution in [1.29, 1.82) is 5.41 Å². The number of halogens is 3. The Kier molecular flexibility index (Phi) is 5.56. The predicted octanol–water partition coefficient (Wildman–Crippen LogP) is 3.60. The van der Waals surface area contributed by atoms with Gasteiger partial charge in [-0.15, -0.1) is 0 Å². The number of alkyl halides is 3. The van der Waals surface area contributed by atoms with E-state index in [4.69, 9.17) is 10.1 Å². The third-order valence-electron chi connectivity index (χ3n) is 2.84. The van der Waals surface area contributed by atoms with Gasteiger partial charge >= 0.3 is 13.7 Å². The molecule has 7 heteroatoms. The molecule has 0 aromatic rings. The summed E-state index contributed by atoms with van der Waals surface area (Å²) in [7, 11) is 0.966. The van der Waals surface area contributed by atoms with E-state index in [1.54, 1.807) is 27.7 Å². The van der Waals surface area contributed by atoms with Crippen LogP contribution in [0.4, 0.5) is 13.2 Å². The number of rotatable bonds is 5. The van der Waals surface area contributed by atoms with Gasteiger partial charge in [0.05, 0.1) is 5.60 Å². The highest BCUT2D eigenvalue weighted by molar-refractivity contribution is 7.81. The van der Waals surface area contributed by atoms with Crippen molar-refractivity contribution >= 4 is 25.8 Å². The standard InChI is InChI=1S/C11H18BF3NOS/c1-6-7(8(16)11(13,14)15)12-17-9(2,3)10(4,5)18/h6,16,18H,1-5H3/b7-6+,16-8?. The average molecular weight is 280 g/mol. The predicted molar refractivity (Wildman–Crippen MR) is 71.5 cm³/mol. The smallest absolute Gasteiger partial charge is 0.428 e. The van der Waals surface area contributed by atoms with Gasteiger partial charge in [-0.05, 0) is 40.1 Å². The Morgan fingerprint density at radius 3 is 1.94 bits per heavy atom. The van der Waals surface area contributed by atoms with Gasteiger partial charge in [0.25, 0.3) is 0 Å². The van der Waals surface area contributed by atoms with E-state index in [0.717, 1.165) is 7.48 Å². The molecule has 1 radical (unpaired) electrons. The van der Waals surface area contributed by atoms with Crippen molar-refractivity contribution < 1.29 is 17.8 Å². The van der Waals surface area contributed by atoms with Crippen LogP contribution in [0.15, 0.2) is 11.5 Å². The van der Waals surface area contributed by atoms with Crippen LogP contribution in [0.5, 0.6) is 0 Å². The van der Waals surface area contributed by atoms with Crippen molar-refractivity contribution in [3.8, 4) is 0 Å². The number of thiol groups is 1. The Morgan fingerprint density at radius 1 is 1.22 bits per heavy atom. The quantitative estimate of drug-likeness (QED) is 0.450. The van der Waals surface area contributed by atoms with Gasteiger partial charge < -0.3 is 4.65 Å². The summed E-state index contributed by atoms with van der Waals surface area (Å²) in [5.74, 6) is 0. The average Bonchev–Trinajstić information content (AvgIpc) is 2.15. The zero-order valence-corrected chi connectivity index (χ0v) is 12.0. The molecule has 103 valence electrons. The molecule has 0 bridgehead atoms. The lowest BCUT2D eigenvalue weighted by Crippen LogP contribution is -2.45. The van der Waals surface area contributed by atoms with Crippen LogP contribution in [0, 0.1) is 5.41 Å². The van der Waals surface area contributed by atoms with Crippen LogP contribution in [-0.2, 0) is 4.65 Å². The zero-order chi connectivity index (χ0) is 14.8. The van der Waals surface area contributed by atoms with Gasteiger partial charge in [0.15, 0.2) is 0 Å². The van der Waals surface area contributed by atoms with Gasteiger partial charge in [-0.25, -0.2) is 0 Å². The van der Waals surface area contributed by atoms with Crippen LogP contribution in [0.25, 0.3) is 0 Å². The van der Waals surface area contributed by atoms with E-state index < -0.39 is 22.2 Å². The van der Waals surface area contributed by atoms with Crippen LogP contribution in [0.2, 0.25) is 0 Å². The topological polar surface area (TPSA) is 33.1 Å². The molecule has 0 saturated heterocycles. The van der Waals surface area contributed by atoms with Gasteiger partial charge in [-0.3, -0.25) is 5.41 Å². The second-order valence-electron chi connectivity index (χ2n) is 4.92. The minimum absolute atomic E-state index is 0.298. The molecule has 18 heavy (non-hydrogen) atoms. The third kappa shape index (κ3) is 4.68. The van der Waals surface area contributed by atoms with E-state index in [9.17, 15) is 13.2 Å². The summed E-state index contributed by atoms with van der Waals surface area (Å²) in [4.78, 5) is 0. The summed E-state index contributed by atoms with van der Waals surface area (Å²) < 4.78 is 42.0. The number of nitrogens with one attached hydrogen (secondary N) is 1. The normalized spacial score (nSPS) is 14.6. The fourth-order valence-corrected chi connectivity index (χ4v) is 0.843. The Balaban J connectivity index is 4.78. The summed E-state index contributed by atoms with van der Waals surface area (Å²) in [5, 5.41) is 7.04. The third-order valence-corrected chi connectivity index (χ3v) is 3.38. The molecule has 2 nitrogen and oxygen atoms in total. The van der Waals surface area contributed by atoms with Gasteiger partial charge in [-0.2, -0.15) is 25.8 Å². The molecule has 0 aromatic carbocycles. The molecule has 0 aliphatic heterocycles. The summed E-state index contributed by atoms with van der Waals surface area (Å²) in [6, 6.07) is 0. The Labute approximate surface area is 112 Å².